The smallest absolute Gasteiger partial charge is 0.313 e. The van der Waals surface area contributed by atoms with Crippen LogP contribution >= 0.6 is 0 Å². The van der Waals surface area contributed by atoms with Crippen LogP contribution in [-0.4, -0.2) is 53.5 Å². The maximum Gasteiger partial charge on any atom is 0.313 e. The fraction of sp³-hybridized carbons (Fsp3) is 0.385. The van der Waals surface area contributed by atoms with Gasteiger partial charge in [0.2, 0.25) is 0 Å². The Labute approximate surface area is 112 Å². The summed E-state index contributed by atoms with van der Waals surface area (Å²) < 4.78 is 0. The zero-order valence-electron chi connectivity index (χ0n) is 11.2. The van der Waals surface area contributed by atoms with Gasteiger partial charge in [0, 0.05) is 20.1 Å². The van der Waals surface area contributed by atoms with Crippen LogP contribution in [0.25, 0.3) is 0 Å². The third-order valence-corrected chi connectivity index (χ3v) is 2.78. The zero-order chi connectivity index (χ0) is 14.4. The maximum atomic E-state index is 11.0. The van der Waals surface area contributed by atoms with E-state index < -0.39 is 11.8 Å². The molecule has 0 saturated carbocycles. The van der Waals surface area contributed by atoms with Gasteiger partial charge >= 0.3 is 11.8 Å². The van der Waals surface area contributed by atoms with Gasteiger partial charge in [0.05, 0.1) is 6.67 Å². The Bertz CT molecular complexity index is 424. The van der Waals surface area contributed by atoms with Crippen LogP contribution < -0.4 is 5.73 Å². The summed E-state index contributed by atoms with van der Waals surface area (Å²) in [5.41, 5.74) is 6.40. The van der Waals surface area contributed by atoms with Gasteiger partial charge < -0.3 is 20.6 Å². The summed E-state index contributed by atoms with van der Waals surface area (Å²) in [6.07, 6.45) is 0. The number of likely N-dealkylation sites (N-methyl/N-ethyl adjacent to an activating group) is 1. The molecule has 0 unspecified atom stereocenters. The van der Waals surface area contributed by atoms with Crippen molar-refractivity contribution in [2.45, 2.75) is 6.92 Å². The summed E-state index contributed by atoms with van der Waals surface area (Å²) in [4.78, 5) is 24.7. The lowest BCUT2D eigenvalue weighted by atomic mass is 10.2. The number of aryl methyl sites for hydroxylation is 1. The molecule has 1 aliphatic rings. The lowest BCUT2D eigenvalue weighted by Gasteiger charge is -2.30. The van der Waals surface area contributed by atoms with Crippen molar-refractivity contribution < 1.29 is 14.7 Å². The first kappa shape index (κ1) is 15.0. The van der Waals surface area contributed by atoms with Gasteiger partial charge in [0.15, 0.2) is 0 Å². The fourth-order valence-electron chi connectivity index (χ4n) is 1.49. The van der Waals surface area contributed by atoms with E-state index in [2.05, 4.69) is 0 Å². The second-order valence-corrected chi connectivity index (χ2v) is 4.31. The molecular formula is C13H19N3O3. The topological polar surface area (TPSA) is 86.9 Å². The van der Waals surface area contributed by atoms with E-state index in [0.717, 1.165) is 0 Å². The van der Waals surface area contributed by atoms with Crippen LogP contribution in [0.5, 0.6) is 5.75 Å². The molecule has 0 atom stereocenters. The normalized spacial score (nSPS) is 15.1. The minimum Gasteiger partial charge on any atom is -0.508 e. The summed E-state index contributed by atoms with van der Waals surface area (Å²) >= 11 is 0. The van der Waals surface area contributed by atoms with Gasteiger partial charge in [-0.05, 0) is 19.1 Å². The summed E-state index contributed by atoms with van der Waals surface area (Å²) in [6, 6.07) is 7.09. The van der Waals surface area contributed by atoms with Crippen molar-refractivity contribution in [2.75, 3.05) is 26.8 Å². The second kappa shape index (κ2) is 6.75. The molecule has 6 heteroatoms. The SMILES string of the molecule is CN1CCN(CN)C(=O)C1=O.Cc1ccc(O)cc1. The molecule has 0 aliphatic carbocycles. The van der Waals surface area contributed by atoms with E-state index in [9.17, 15) is 9.59 Å². The van der Waals surface area contributed by atoms with E-state index in [1.165, 1.54) is 15.4 Å². The Hall–Kier alpha value is -2.08. The number of amides is 2. The van der Waals surface area contributed by atoms with Crippen LogP contribution in [0.3, 0.4) is 0 Å². The van der Waals surface area contributed by atoms with Crippen LogP contribution in [0, 0.1) is 6.92 Å². The number of rotatable bonds is 1. The van der Waals surface area contributed by atoms with Crippen molar-refractivity contribution in [1.82, 2.24) is 9.80 Å². The molecule has 2 rings (SSSR count). The molecule has 1 aromatic rings. The van der Waals surface area contributed by atoms with Gasteiger partial charge in [-0.2, -0.15) is 0 Å². The molecule has 1 aromatic carbocycles. The van der Waals surface area contributed by atoms with Crippen molar-refractivity contribution in [1.29, 1.82) is 0 Å². The van der Waals surface area contributed by atoms with Crippen LogP contribution in [0.1, 0.15) is 5.56 Å². The number of phenols is 1. The van der Waals surface area contributed by atoms with E-state index in [0.29, 0.717) is 18.8 Å². The van der Waals surface area contributed by atoms with Gasteiger partial charge in [-0.25, -0.2) is 0 Å². The monoisotopic (exact) mass is 265 g/mol. The van der Waals surface area contributed by atoms with Gasteiger partial charge in [-0.15, -0.1) is 0 Å². The van der Waals surface area contributed by atoms with Crippen molar-refractivity contribution in [3.8, 4) is 5.75 Å². The van der Waals surface area contributed by atoms with Gasteiger partial charge in [0.1, 0.15) is 5.75 Å². The number of carbonyl (C=O) groups excluding carboxylic acids is 2. The molecule has 1 heterocycles. The lowest BCUT2D eigenvalue weighted by Crippen LogP contribution is -2.54. The maximum absolute atomic E-state index is 11.0. The number of nitrogens with two attached hydrogens (primary N) is 1. The number of hydrogen-bond donors (Lipinski definition) is 2. The zero-order valence-corrected chi connectivity index (χ0v) is 11.2. The molecule has 1 aliphatic heterocycles. The first-order chi connectivity index (χ1) is 8.95. The predicted molar refractivity (Wildman–Crippen MR) is 71.2 cm³/mol. The van der Waals surface area contributed by atoms with Crippen molar-refractivity contribution >= 4 is 11.8 Å². The minimum atomic E-state index is -0.499. The molecule has 2 amide bonds. The first-order valence-electron chi connectivity index (χ1n) is 5.95. The molecule has 1 fully saturated rings. The van der Waals surface area contributed by atoms with E-state index in [1.807, 2.05) is 19.1 Å². The standard InChI is InChI=1S/C7H8O.C6H11N3O2/c1-6-2-4-7(8)5-3-6;1-8-2-3-9(4-7)6(11)5(8)10/h2-5,8H,1H3;2-4,7H2,1H3. The average Bonchev–Trinajstić information content (AvgIpc) is 2.41. The second-order valence-electron chi connectivity index (χ2n) is 4.31. The van der Waals surface area contributed by atoms with Crippen LogP contribution in [0.2, 0.25) is 0 Å². The molecule has 104 valence electrons. The Morgan fingerprint density at radius 3 is 2.21 bits per heavy atom. The molecule has 0 spiro atoms. The molecule has 1 saturated heterocycles. The summed E-state index contributed by atoms with van der Waals surface area (Å²) in [6.45, 7) is 3.22. The van der Waals surface area contributed by atoms with E-state index in [-0.39, 0.29) is 6.67 Å². The molecule has 19 heavy (non-hydrogen) atoms. The Balaban J connectivity index is 0.000000200. The summed E-state index contributed by atoms with van der Waals surface area (Å²) in [7, 11) is 1.61. The van der Waals surface area contributed by atoms with E-state index >= 15 is 0 Å². The Kier molecular flexibility index (Phi) is 5.32. The largest absolute Gasteiger partial charge is 0.508 e. The molecule has 0 radical (unpaired) electrons. The van der Waals surface area contributed by atoms with Crippen LogP contribution in [0.15, 0.2) is 24.3 Å². The van der Waals surface area contributed by atoms with Crippen molar-refractivity contribution in [2.24, 2.45) is 5.73 Å². The number of phenolic OH excluding ortho intramolecular Hbond substituents is 1. The highest BCUT2D eigenvalue weighted by atomic mass is 16.3. The van der Waals surface area contributed by atoms with Gasteiger partial charge in [0.25, 0.3) is 0 Å². The fourth-order valence-corrected chi connectivity index (χ4v) is 1.49. The highest BCUT2D eigenvalue weighted by Crippen LogP contribution is 2.07. The van der Waals surface area contributed by atoms with E-state index in [1.54, 1.807) is 19.2 Å². The minimum absolute atomic E-state index is 0.123. The summed E-state index contributed by atoms with van der Waals surface area (Å²) in [5, 5.41) is 8.76. The van der Waals surface area contributed by atoms with Crippen molar-refractivity contribution in [3.05, 3.63) is 29.8 Å². The average molecular weight is 265 g/mol. The molecule has 6 nitrogen and oxygen atoms in total. The Morgan fingerprint density at radius 1 is 1.16 bits per heavy atom. The Morgan fingerprint density at radius 2 is 1.74 bits per heavy atom. The number of hydrogen-bond acceptors (Lipinski definition) is 4. The molecule has 0 aromatic heterocycles. The number of piperazine rings is 1. The van der Waals surface area contributed by atoms with Gasteiger partial charge in [-0.3, -0.25) is 9.59 Å². The highest BCUT2D eigenvalue weighted by Gasteiger charge is 2.28. The molecular weight excluding hydrogens is 246 g/mol. The van der Waals surface area contributed by atoms with Crippen LogP contribution in [0.4, 0.5) is 0 Å². The third kappa shape index (κ3) is 4.26. The van der Waals surface area contributed by atoms with Crippen molar-refractivity contribution in [3.63, 3.8) is 0 Å². The number of nitrogens with zero attached hydrogens (tertiary/aromatic N) is 2. The summed E-state index contributed by atoms with van der Waals surface area (Å²) in [5.74, 6) is -0.640. The number of carbonyl (C=O) groups is 2. The number of aromatic hydroxyl groups is 1. The quantitative estimate of drug-likeness (QED) is 0.694. The van der Waals surface area contributed by atoms with E-state index in [4.69, 9.17) is 10.8 Å². The van der Waals surface area contributed by atoms with Crippen LogP contribution in [-0.2, 0) is 9.59 Å². The van der Waals surface area contributed by atoms with Gasteiger partial charge in [-0.1, -0.05) is 17.7 Å². The predicted octanol–water partition coefficient (Wildman–Crippen LogP) is -0.0962. The molecule has 3 N–H and O–H groups in total. The first-order valence-corrected chi connectivity index (χ1v) is 5.95. The molecule has 0 bridgehead atoms. The lowest BCUT2D eigenvalue weighted by molar-refractivity contribution is -0.154. The third-order valence-electron chi connectivity index (χ3n) is 2.78. The highest BCUT2D eigenvalue weighted by molar-refractivity contribution is 6.35. The number of benzene rings is 1.